The summed E-state index contributed by atoms with van der Waals surface area (Å²) >= 11 is 0. The van der Waals surface area contributed by atoms with Gasteiger partial charge in [0.25, 0.3) is 11.9 Å². The average Bonchev–Trinajstić information content (AvgIpc) is 2.96. The third-order valence-electron chi connectivity index (χ3n) is 5.88. The number of piperidine rings is 1. The molecule has 0 unspecified atom stereocenters. The minimum Gasteiger partial charge on any atom is -0.460 e. The maximum absolute atomic E-state index is 12.4. The Labute approximate surface area is 168 Å². The molecule has 0 N–H and O–H groups in total. The van der Waals surface area contributed by atoms with Crippen LogP contribution in [-0.2, 0) is 32.9 Å². The van der Waals surface area contributed by atoms with E-state index in [0.29, 0.717) is 44.3 Å². The zero-order valence-electron chi connectivity index (χ0n) is 16.2. The first-order chi connectivity index (χ1) is 14.0. The Morgan fingerprint density at radius 3 is 2.66 bits per heavy atom. The third-order valence-corrected chi connectivity index (χ3v) is 5.88. The summed E-state index contributed by atoms with van der Waals surface area (Å²) < 4.78 is 11.7. The lowest BCUT2D eigenvalue weighted by Gasteiger charge is -2.39. The van der Waals surface area contributed by atoms with Crippen molar-refractivity contribution in [2.24, 2.45) is 4.99 Å². The van der Waals surface area contributed by atoms with Crippen molar-refractivity contribution < 1.29 is 19.1 Å². The van der Waals surface area contributed by atoms with Gasteiger partial charge < -0.3 is 14.4 Å². The van der Waals surface area contributed by atoms with Crippen molar-refractivity contribution in [1.82, 2.24) is 9.88 Å². The number of ether oxygens (including phenoxy) is 2. The molecule has 1 saturated heterocycles. The number of fused-ring (bicyclic) bond motifs is 3. The molecule has 5 rings (SSSR count). The fourth-order valence-corrected chi connectivity index (χ4v) is 4.31. The number of aromatic nitrogens is 1. The number of likely N-dealkylation sites (tertiary alicyclic amines) is 1. The van der Waals surface area contributed by atoms with Gasteiger partial charge in [0, 0.05) is 37.7 Å². The second-order valence-corrected chi connectivity index (χ2v) is 7.80. The molecule has 2 aromatic rings. The van der Waals surface area contributed by atoms with E-state index < -0.39 is 5.60 Å². The summed E-state index contributed by atoms with van der Waals surface area (Å²) in [6.07, 6.45) is 3.17. The van der Waals surface area contributed by atoms with E-state index in [9.17, 15) is 9.59 Å². The molecule has 4 heterocycles. The van der Waals surface area contributed by atoms with Crippen LogP contribution in [0.5, 0.6) is 0 Å². The van der Waals surface area contributed by atoms with Gasteiger partial charge in [-0.1, -0.05) is 24.3 Å². The molecular formula is C22H21N3O4. The number of aliphatic imine (C=N–C) groups is 1. The number of hydrogen-bond donors (Lipinski definition) is 0. The summed E-state index contributed by atoms with van der Waals surface area (Å²) in [6, 6.07) is 10.1. The van der Waals surface area contributed by atoms with Crippen LogP contribution < -0.4 is 0 Å². The number of carbonyl (C=O) groups excluding carboxylic acids is 2. The smallest absolute Gasteiger partial charge is 0.358 e. The number of carbonyl (C=O) groups is 2. The lowest BCUT2D eigenvalue weighted by molar-refractivity contribution is -0.117. The highest BCUT2D eigenvalue weighted by molar-refractivity contribution is 5.93. The van der Waals surface area contributed by atoms with Crippen molar-refractivity contribution in [2.45, 2.75) is 38.4 Å². The Morgan fingerprint density at radius 1 is 1.10 bits per heavy atom. The van der Waals surface area contributed by atoms with Crippen LogP contribution in [0, 0.1) is 6.92 Å². The van der Waals surface area contributed by atoms with Crippen LogP contribution in [0.15, 0.2) is 41.5 Å². The number of benzene rings is 1. The second kappa shape index (κ2) is 6.69. The molecule has 0 saturated carbocycles. The molecule has 3 aliphatic rings. The quantitative estimate of drug-likeness (QED) is 0.642. The van der Waals surface area contributed by atoms with Gasteiger partial charge in [-0.2, -0.15) is 4.99 Å². The summed E-state index contributed by atoms with van der Waals surface area (Å²) in [6.45, 7) is 3.49. The van der Waals surface area contributed by atoms with Crippen LogP contribution in [0.3, 0.4) is 0 Å². The summed E-state index contributed by atoms with van der Waals surface area (Å²) in [5.74, 6) is -0.579. The van der Waals surface area contributed by atoms with Crippen LogP contribution in [0.25, 0.3) is 0 Å². The molecule has 0 bridgehead atoms. The molecule has 1 spiro atoms. The Kier molecular flexibility index (Phi) is 4.12. The summed E-state index contributed by atoms with van der Waals surface area (Å²) in [7, 11) is 0. The van der Waals surface area contributed by atoms with E-state index in [0.717, 1.165) is 22.3 Å². The third kappa shape index (κ3) is 3.06. The zero-order chi connectivity index (χ0) is 20.0. The van der Waals surface area contributed by atoms with Crippen LogP contribution >= 0.6 is 0 Å². The maximum atomic E-state index is 12.4. The number of aryl methyl sites for hydroxylation is 1. The summed E-state index contributed by atoms with van der Waals surface area (Å²) in [5, 5.41) is 0. The Bertz CT molecular complexity index is 1040. The highest BCUT2D eigenvalue weighted by atomic mass is 16.6. The topological polar surface area (TPSA) is 81.1 Å². The normalized spacial score (nSPS) is 22.0. The van der Waals surface area contributed by atoms with E-state index in [-0.39, 0.29) is 18.3 Å². The average molecular weight is 391 g/mol. The number of nitrogens with zero attached hydrogens (tertiary/aromatic N) is 3. The lowest BCUT2D eigenvalue weighted by atomic mass is 9.84. The first-order valence-corrected chi connectivity index (χ1v) is 9.81. The number of hydrogen-bond acceptors (Lipinski definition) is 6. The zero-order valence-corrected chi connectivity index (χ0v) is 16.2. The number of amides is 1. The maximum Gasteiger partial charge on any atom is 0.358 e. The van der Waals surface area contributed by atoms with Crippen molar-refractivity contribution in [3.8, 4) is 0 Å². The molecule has 3 aliphatic heterocycles. The molecule has 0 aliphatic carbocycles. The highest BCUT2D eigenvalue weighted by Gasteiger charge is 2.48. The Morgan fingerprint density at radius 2 is 1.86 bits per heavy atom. The van der Waals surface area contributed by atoms with Crippen molar-refractivity contribution in [1.29, 1.82) is 0 Å². The molecule has 148 valence electrons. The Balaban J connectivity index is 1.35. The van der Waals surface area contributed by atoms with E-state index >= 15 is 0 Å². The highest BCUT2D eigenvalue weighted by Crippen LogP contribution is 2.43. The van der Waals surface area contributed by atoms with Gasteiger partial charge in [-0.15, -0.1) is 0 Å². The molecule has 7 heteroatoms. The summed E-state index contributed by atoms with van der Waals surface area (Å²) in [5.41, 5.74) is 3.59. The van der Waals surface area contributed by atoms with Crippen molar-refractivity contribution >= 4 is 17.9 Å². The van der Waals surface area contributed by atoms with Crippen molar-refractivity contribution in [3.63, 3.8) is 0 Å². The van der Waals surface area contributed by atoms with Crippen LogP contribution in [0.1, 0.15) is 45.6 Å². The van der Waals surface area contributed by atoms with Crippen molar-refractivity contribution in [2.75, 3.05) is 13.1 Å². The number of esters is 1. The van der Waals surface area contributed by atoms with Gasteiger partial charge in [0.05, 0.1) is 6.42 Å². The van der Waals surface area contributed by atoms with Gasteiger partial charge in [-0.3, -0.25) is 4.79 Å². The summed E-state index contributed by atoms with van der Waals surface area (Å²) in [4.78, 5) is 35.1. The first kappa shape index (κ1) is 17.8. The number of rotatable bonds is 0. The molecule has 29 heavy (non-hydrogen) atoms. The molecule has 1 aromatic heterocycles. The molecule has 7 nitrogen and oxygen atoms in total. The molecular weight excluding hydrogens is 370 g/mol. The van der Waals surface area contributed by atoms with E-state index in [1.165, 1.54) is 0 Å². The van der Waals surface area contributed by atoms with Gasteiger partial charge >= 0.3 is 5.97 Å². The first-order valence-electron chi connectivity index (χ1n) is 9.81. The lowest BCUT2D eigenvalue weighted by Crippen LogP contribution is -2.46. The van der Waals surface area contributed by atoms with Crippen LogP contribution in [0.4, 0.5) is 0 Å². The van der Waals surface area contributed by atoms with Gasteiger partial charge in [-0.05, 0) is 29.7 Å². The van der Waals surface area contributed by atoms with Gasteiger partial charge in [0.2, 0.25) is 0 Å². The van der Waals surface area contributed by atoms with Gasteiger partial charge in [0.1, 0.15) is 12.2 Å². The standard InChI is InChI=1S/C22H21N3O4/c1-14-10-17-19(23-12-14)20(27)29-22(17)6-8-25(9-7-22)21-24-18(26)11-15-4-2-3-5-16(15)13-28-21/h2-5,10,12H,6-9,11,13H2,1H3/b24-21-. The molecule has 1 fully saturated rings. The van der Waals surface area contributed by atoms with Crippen LogP contribution in [-0.4, -0.2) is 40.9 Å². The fourth-order valence-electron chi connectivity index (χ4n) is 4.31. The predicted molar refractivity (Wildman–Crippen MR) is 104 cm³/mol. The SMILES string of the molecule is Cc1cnc2c(c1)C1(CCN(/C3=N/C(=O)Cc4ccccc4CO3)CC1)OC2=O. The van der Waals surface area contributed by atoms with Gasteiger partial charge in [0.15, 0.2) is 5.69 Å². The van der Waals surface area contributed by atoms with Crippen molar-refractivity contribution in [3.05, 3.63) is 64.5 Å². The van der Waals surface area contributed by atoms with Gasteiger partial charge in [-0.25, -0.2) is 9.78 Å². The fraction of sp³-hybridized carbons (Fsp3) is 0.364. The van der Waals surface area contributed by atoms with E-state index in [4.69, 9.17) is 9.47 Å². The Hall–Kier alpha value is -3.22. The molecule has 1 aromatic carbocycles. The minimum absolute atomic E-state index is 0.218. The molecule has 0 radical (unpaired) electrons. The second-order valence-electron chi connectivity index (χ2n) is 7.80. The monoisotopic (exact) mass is 391 g/mol. The molecule has 0 atom stereocenters. The van der Waals surface area contributed by atoms with E-state index in [1.807, 2.05) is 42.2 Å². The predicted octanol–water partition coefficient (Wildman–Crippen LogP) is 2.51. The molecule has 1 amide bonds. The minimum atomic E-state index is -0.652. The van der Waals surface area contributed by atoms with Crippen LogP contribution in [0.2, 0.25) is 0 Å². The van der Waals surface area contributed by atoms with E-state index in [1.54, 1.807) is 6.20 Å². The number of amidine groups is 1. The van der Waals surface area contributed by atoms with E-state index in [2.05, 4.69) is 9.98 Å². The largest absolute Gasteiger partial charge is 0.460 e. The number of pyridine rings is 1.